The minimum atomic E-state index is -0.680. The molecule has 2 rings (SSSR count). The molecule has 1 aromatic heterocycles. The summed E-state index contributed by atoms with van der Waals surface area (Å²) < 4.78 is 1.96. The summed E-state index contributed by atoms with van der Waals surface area (Å²) in [5.74, 6) is 0.543. The highest BCUT2D eigenvalue weighted by Gasteiger charge is 2.41. The summed E-state index contributed by atoms with van der Waals surface area (Å²) in [5.41, 5.74) is 0.229. The maximum atomic E-state index is 11.5. The van der Waals surface area contributed by atoms with Crippen LogP contribution in [-0.2, 0) is 11.8 Å². The van der Waals surface area contributed by atoms with Gasteiger partial charge in [-0.05, 0) is 30.6 Å². The monoisotopic (exact) mass is 264 g/mol. The third kappa shape index (κ3) is 2.82. The molecule has 1 heterocycles. The predicted molar refractivity (Wildman–Crippen MR) is 73.9 cm³/mol. The molecule has 1 aliphatic carbocycles. The van der Waals surface area contributed by atoms with E-state index >= 15 is 0 Å². The van der Waals surface area contributed by atoms with Crippen molar-refractivity contribution in [2.45, 2.75) is 46.0 Å². The highest BCUT2D eigenvalue weighted by molar-refractivity contribution is 5.71. The molecule has 0 aromatic carbocycles. The maximum absolute atomic E-state index is 11.5. The van der Waals surface area contributed by atoms with Crippen molar-refractivity contribution < 1.29 is 9.90 Å². The molecular formula is C15H24N2O2. The highest BCUT2D eigenvalue weighted by atomic mass is 16.4. The summed E-state index contributed by atoms with van der Waals surface area (Å²) in [6, 6.07) is 0. The van der Waals surface area contributed by atoms with Crippen molar-refractivity contribution in [2.75, 3.05) is 0 Å². The van der Waals surface area contributed by atoms with Gasteiger partial charge in [-0.3, -0.25) is 4.79 Å². The Labute approximate surface area is 114 Å². The lowest BCUT2D eigenvalue weighted by Gasteiger charge is -2.40. The molecule has 3 unspecified atom stereocenters. The van der Waals surface area contributed by atoms with Crippen molar-refractivity contribution in [3.05, 3.63) is 18.2 Å². The second-order valence-corrected chi connectivity index (χ2v) is 6.82. The number of aliphatic carboxylic acids is 1. The molecule has 1 N–H and O–H groups in total. The Hall–Kier alpha value is -1.32. The number of hydrogen-bond donors (Lipinski definition) is 1. The Balaban J connectivity index is 2.28. The predicted octanol–water partition coefficient (Wildman–Crippen LogP) is 3.05. The number of carboxylic acids is 1. The van der Waals surface area contributed by atoms with Crippen LogP contribution in [0.3, 0.4) is 0 Å². The maximum Gasteiger partial charge on any atom is 0.307 e. The van der Waals surface area contributed by atoms with Crippen molar-refractivity contribution in [3.63, 3.8) is 0 Å². The quantitative estimate of drug-likeness (QED) is 0.893. The van der Waals surface area contributed by atoms with Crippen molar-refractivity contribution in [3.8, 4) is 0 Å². The number of nitrogens with zero attached hydrogens (tertiary/aromatic N) is 2. The van der Waals surface area contributed by atoms with Gasteiger partial charge in [0.05, 0.1) is 5.92 Å². The number of carboxylic acid groups (broad SMARTS) is 1. The molecule has 4 heteroatoms. The molecule has 1 fully saturated rings. The molecule has 0 saturated heterocycles. The molecule has 19 heavy (non-hydrogen) atoms. The fourth-order valence-corrected chi connectivity index (χ4v) is 3.27. The Morgan fingerprint density at radius 3 is 2.58 bits per heavy atom. The highest BCUT2D eigenvalue weighted by Crippen LogP contribution is 2.46. The molecular weight excluding hydrogens is 240 g/mol. The number of carbonyl (C=O) groups is 1. The van der Waals surface area contributed by atoms with Crippen molar-refractivity contribution in [2.24, 2.45) is 24.3 Å². The molecule has 0 spiro atoms. The van der Waals surface area contributed by atoms with E-state index in [4.69, 9.17) is 0 Å². The molecule has 1 aliphatic rings. The van der Waals surface area contributed by atoms with E-state index in [2.05, 4.69) is 25.8 Å². The molecule has 0 aliphatic heterocycles. The molecule has 0 bridgehead atoms. The first-order valence-corrected chi connectivity index (χ1v) is 7.00. The van der Waals surface area contributed by atoms with E-state index in [1.807, 2.05) is 17.8 Å². The summed E-state index contributed by atoms with van der Waals surface area (Å²) in [4.78, 5) is 15.9. The second kappa shape index (κ2) is 4.99. The normalized spacial score (nSPS) is 28.3. The van der Waals surface area contributed by atoms with E-state index in [9.17, 15) is 9.90 Å². The van der Waals surface area contributed by atoms with Crippen LogP contribution in [0.4, 0.5) is 0 Å². The van der Waals surface area contributed by atoms with Crippen molar-refractivity contribution >= 4 is 5.97 Å². The molecule has 0 amide bonds. The first-order chi connectivity index (χ1) is 8.80. The lowest BCUT2D eigenvalue weighted by Crippen LogP contribution is -2.35. The van der Waals surface area contributed by atoms with Crippen LogP contribution in [0.1, 0.15) is 51.8 Å². The Morgan fingerprint density at radius 1 is 1.42 bits per heavy atom. The Morgan fingerprint density at radius 2 is 2.11 bits per heavy atom. The van der Waals surface area contributed by atoms with Gasteiger partial charge in [0, 0.05) is 25.4 Å². The van der Waals surface area contributed by atoms with Crippen molar-refractivity contribution in [1.29, 1.82) is 0 Å². The molecule has 0 radical (unpaired) electrons. The molecule has 1 aromatic rings. The number of hydrogen-bond acceptors (Lipinski definition) is 2. The SMILES string of the molecule is Cn1ccnc1C1CC(C(C)(C)C)CCC1C(=O)O. The van der Waals surface area contributed by atoms with Crippen LogP contribution in [0.15, 0.2) is 12.4 Å². The van der Waals surface area contributed by atoms with Crippen LogP contribution in [-0.4, -0.2) is 20.6 Å². The molecule has 3 atom stereocenters. The number of rotatable bonds is 2. The van der Waals surface area contributed by atoms with Gasteiger partial charge in [-0.15, -0.1) is 0 Å². The molecule has 1 saturated carbocycles. The summed E-state index contributed by atoms with van der Waals surface area (Å²) >= 11 is 0. The standard InChI is InChI=1S/C15H24N2O2/c1-15(2,3)10-5-6-11(14(18)19)12(9-10)13-16-7-8-17(13)4/h7-8,10-12H,5-6,9H2,1-4H3,(H,18,19). The average molecular weight is 264 g/mol. The minimum absolute atomic E-state index is 0.0375. The zero-order valence-corrected chi connectivity index (χ0v) is 12.3. The van der Waals surface area contributed by atoms with Crippen LogP contribution in [0.25, 0.3) is 0 Å². The number of aryl methyl sites for hydroxylation is 1. The molecule has 4 nitrogen and oxygen atoms in total. The van der Waals surface area contributed by atoms with E-state index in [-0.39, 0.29) is 17.3 Å². The first kappa shape index (κ1) is 14.1. The van der Waals surface area contributed by atoms with Gasteiger partial charge in [-0.2, -0.15) is 0 Å². The van der Waals surface area contributed by atoms with Crippen LogP contribution in [0.2, 0.25) is 0 Å². The summed E-state index contributed by atoms with van der Waals surface area (Å²) in [7, 11) is 1.95. The topological polar surface area (TPSA) is 55.1 Å². The third-order valence-corrected chi connectivity index (χ3v) is 4.58. The largest absolute Gasteiger partial charge is 0.481 e. The van der Waals surface area contributed by atoms with E-state index in [1.54, 1.807) is 6.20 Å². The lowest BCUT2D eigenvalue weighted by molar-refractivity contribution is -0.144. The summed E-state index contributed by atoms with van der Waals surface area (Å²) in [6.07, 6.45) is 6.34. The van der Waals surface area contributed by atoms with Gasteiger partial charge < -0.3 is 9.67 Å². The average Bonchev–Trinajstić information content (AvgIpc) is 2.73. The van der Waals surface area contributed by atoms with Gasteiger partial charge in [-0.25, -0.2) is 4.98 Å². The van der Waals surface area contributed by atoms with Crippen LogP contribution in [0.5, 0.6) is 0 Å². The van der Waals surface area contributed by atoms with Crippen molar-refractivity contribution in [1.82, 2.24) is 9.55 Å². The smallest absolute Gasteiger partial charge is 0.307 e. The van der Waals surface area contributed by atoms with Gasteiger partial charge in [0.15, 0.2) is 0 Å². The van der Waals surface area contributed by atoms with Gasteiger partial charge in [0.25, 0.3) is 0 Å². The zero-order chi connectivity index (χ0) is 14.2. The van der Waals surface area contributed by atoms with Crippen LogP contribution < -0.4 is 0 Å². The fraction of sp³-hybridized carbons (Fsp3) is 0.733. The minimum Gasteiger partial charge on any atom is -0.481 e. The van der Waals surface area contributed by atoms with E-state index in [0.29, 0.717) is 5.92 Å². The first-order valence-electron chi connectivity index (χ1n) is 7.00. The van der Waals surface area contributed by atoms with Gasteiger partial charge >= 0.3 is 5.97 Å². The Kier molecular flexibility index (Phi) is 3.70. The van der Waals surface area contributed by atoms with Crippen LogP contribution in [0, 0.1) is 17.3 Å². The second-order valence-electron chi connectivity index (χ2n) is 6.82. The van der Waals surface area contributed by atoms with Gasteiger partial charge in [-0.1, -0.05) is 20.8 Å². The number of imidazole rings is 1. The van der Waals surface area contributed by atoms with Crippen LogP contribution >= 0.6 is 0 Å². The summed E-state index contributed by atoms with van der Waals surface area (Å²) in [6.45, 7) is 6.73. The van der Waals surface area contributed by atoms with E-state index in [1.165, 1.54) is 0 Å². The summed E-state index contributed by atoms with van der Waals surface area (Å²) in [5, 5.41) is 9.45. The Bertz CT molecular complexity index is 459. The van der Waals surface area contributed by atoms with Gasteiger partial charge in [0.2, 0.25) is 0 Å². The van der Waals surface area contributed by atoms with Gasteiger partial charge in [0.1, 0.15) is 5.82 Å². The lowest BCUT2D eigenvalue weighted by atomic mass is 9.65. The fourth-order valence-electron chi connectivity index (χ4n) is 3.27. The van der Waals surface area contributed by atoms with E-state index in [0.717, 1.165) is 25.1 Å². The van der Waals surface area contributed by atoms with E-state index < -0.39 is 5.97 Å². The third-order valence-electron chi connectivity index (χ3n) is 4.58. The zero-order valence-electron chi connectivity index (χ0n) is 12.3. The molecule has 106 valence electrons. The number of aromatic nitrogens is 2.